The first-order valence-corrected chi connectivity index (χ1v) is 15.9. The second-order valence-electron chi connectivity index (χ2n) is 12.3. The van der Waals surface area contributed by atoms with Gasteiger partial charge in [-0.15, -0.1) is 0 Å². The molecule has 2 aliphatic rings. The van der Waals surface area contributed by atoms with Crippen LogP contribution in [0.4, 0.5) is 27.6 Å². The van der Waals surface area contributed by atoms with Crippen LogP contribution >= 0.6 is 0 Å². The zero-order valence-corrected chi connectivity index (χ0v) is 27.4. The Morgan fingerprint density at radius 1 is 0.840 bits per heavy atom. The van der Waals surface area contributed by atoms with Gasteiger partial charge in [0.1, 0.15) is 5.56 Å². The number of aliphatic hydroxyl groups excluding tert-OH is 1. The van der Waals surface area contributed by atoms with E-state index in [0.717, 1.165) is 29.7 Å². The number of methoxy groups -OCH3 is 2. The van der Waals surface area contributed by atoms with Crippen LogP contribution in [0.1, 0.15) is 57.5 Å². The molecule has 0 radical (unpaired) electrons. The Balaban J connectivity index is 1.23. The summed E-state index contributed by atoms with van der Waals surface area (Å²) < 4.78 is 93.3. The third-order valence-electron chi connectivity index (χ3n) is 9.24. The fraction of sp³-hybridized carbons (Fsp3) is 0.324. The molecule has 4 aromatic rings. The summed E-state index contributed by atoms with van der Waals surface area (Å²) in [5, 5.41) is 11.7. The summed E-state index contributed by atoms with van der Waals surface area (Å²) in [5.41, 5.74) is 2.98. The summed E-state index contributed by atoms with van der Waals surface area (Å²) in [4.78, 5) is 14.9. The number of carbonyl (C=O) groups is 1. The van der Waals surface area contributed by atoms with Crippen molar-refractivity contribution < 1.29 is 50.8 Å². The molecule has 0 aromatic heterocycles. The van der Waals surface area contributed by atoms with E-state index < -0.39 is 53.0 Å². The summed E-state index contributed by atoms with van der Waals surface area (Å²) in [7, 11) is 3.21. The van der Waals surface area contributed by atoms with Crippen molar-refractivity contribution in [3.8, 4) is 11.5 Å². The van der Waals surface area contributed by atoms with Crippen LogP contribution in [0, 0.1) is 35.0 Å². The van der Waals surface area contributed by atoms with Crippen LogP contribution < -0.4 is 14.8 Å². The Morgan fingerprint density at radius 3 is 2.02 bits per heavy atom. The number of amides is 1. The van der Waals surface area contributed by atoms with Gasteiger partial charge in [-0.05, 0) is 52.9 Å². The van der Waals surface area contributed by atoms with Gasteiger partial charge in [0.05, 0.1) is 33.0 Å². The van der Waals surface area contributed by atoms with E-state index in [4.69, 9.17) is 18.9 Å². The third kappa shape index (κ3) is 6.91. The maximum Gasteiger partial charge on any atom is 0.261 e. The minimum absolute atomic E-state index is 0.0404. The second kappa shape index (κ2) is 14.7. The van der Waals surface area contributed by atoms with Gasteiger partial charge in [-0.1, -0.05) is 43.3 Å². The molecule has 4 unspecified atom stereocenters. The molecular weight excluding hydrogens is 663 g/mol. The molecule has 8 nitrogen and oxygen atoms in total. The lowest BCUT2D eigenvalue weighted by Gasteiger charge is -2.43. The zero-order chi connectivity index (χ0) is 35.7. The SMILES string of the molecule is COc1cc2c(cc1OC)CN(CC1OC(c3ccc(NC(=O)c4c(F)c(F)c(F)c(F)c4F)cc3)OC(c3ccc(CO)cc3)C1C)CC2. The summed E-state index contributed by atoms with van der Waals surface area (Å²) in [6.45, 7) is 3.98. The minimum Gasteiger partial charge on any atom is -0.493 e. The van der Waals surface area contributed by atoms with E-state index in [1.807, 2.05) is 36.4 Å². The molecule has 1 saturated heterocycles. The highest BCUT2D eigenvalue weighted by Crippen LogP contribution is 2.43. The van der Waals surface area contributed by atoms with E-state index in [0.29, 0.717) is 30.2 Å². The van der Waals surface area contributed by atoms with E-state index >= 15 is 0 Å². The lowest BCUT2D eigenvalue weighted by molar-refractivity contribution is -0.276. The van der Waals surface area contributed by atoms with E-state index in [1.165, 1.54) is 17.7 Å². The monoisotopic (exact) mass is 698 g/mol. The average Bonchev–Trinajstić information content (AvgIpc) is 3.13. The zero-order valence-electron chi connectivity index (χ0n) is 27.4. The smallest absolute Gasteiger partial charge is 0.261 e. The van der Waals surface area contributed by atoms with Crippen LogP contribution in [0.3, 0.4) is 0 Å². The summed E-state index contributed by atoms with van der Waals surface area (Å²) >= 11 is 0. The highest BCUT2D eigenvalue weighted by atomic mass is 19.2. The molecular formula is C37H35F5N2O6. The molecule has 2 heterocycles. The van der Waals surface area contributed by atoms with Crippen molar-refractivity contribution in [2.24, 2.45) is 5.92 Å². The maximum absolute atomic E-state index is 14.2. The molecule has 2 N–H and O–H groups in total. The molecule has 4 atom stereocenters. The summed E-state index contributed by atoms with van der Waals surface area (Å²) in [6, 6.07) is 17.4. The average molecular weight is 699 g/mol. The van der Waals surface area contributed by atoms with Crippen molar-refractivity contribution in [3.63, 3.8) is 0 Å². The Kier molecular flexibility index (Phi) is 10.4. The first kappa shape index (κ1) is 35.3. The molecule has 50 heavy (non-hydrogen) atoms. The van der Waals surface area contributed by atoms with E-state index in [2.05, 4.69) is 17.1 Å². The molecule has 4 aromatic carbocycles. The molecule has 1 amide bonds. The number of fused-ring (bicyclic) bond motifs is 1. The number of benzene rings is 4. The summed E-state index contributed by atoms with van der Waals surface area (Å²) in [5.74, 6) is -11.5. The molecule has 6 rings (SSSR count). The molecule has 264 valence electrons. The molecule has 2 aliphatic heterocycles. The fourth-order valence-corrected chi connectivity index (χ4v) is 6.40. The Bertz CT molecular complexity index is 1850. The lowest BCUT2D eigenvalue weighted by Crippen LogP contribution is -2.45. The Morgan fingerprint density at radius 2 is 1.42 bits per heavy atom. The predicted octanol–water partition coefficient (Wildman–Crippen LogP) is 6.99. The van der Waals surface area contributed by atoms with Crippen LogP contribution in [-0.2, 0) is 29.0 Å². The number of nitrogens with zero attached hydrogens (tertiary/aromatic N) is 1. The van der Waals surface area contributed by atoms with Crippen molar-refractivity contribution in [1.29, 1.82) is 0 Å². The van der Waals surface area contributed by atoms with Crippen molar-refractivity contribution in [2.45, 2.75) is 45.0 Å². The number of aliphatic hydroxyl groups is 1. The molecule has 0 bridgehead atoms. The molecule has 1 fully saturated rings. The summed E-state index contributed by atoms with van der Waals surface area (Å²) in [6.07, 6.45) is -0.755. The Hall–Kier alpha value is -4.56. The van der Waals surface area contributed by atoms with Gasteiger partial charge in [-0.3, -0.25) is 9.69 Å². The number of hydrogen-bond donors (Lipinski definition) is 2. The van der Waals surface area contributed by atoms with Crippen molar-refractivity contribution in [1.82, 2.24) is 4.90 Å². The minimum atomic E-state index is -2.35. The van der Waals surface area contributed by atoms with Gasteiger partial charge in [0, 0.05) is 36.8 Å². The van der Waals surface area contributed by atoms with E-state index in [1.54, 1.807) is 26.4 Å². The number of ether oxygens (including phenoxy) is 4. The quantitative estimate of drug-likeness (QED) is 0.111. The van der Waals surface area contributed by atoms with Crippen LogP contribution in [0.2, 0.25) is 0 Å². The molecule has 0 saturated carbocycles. The van der Waals surface area contributed by atoms with Gasteiger partial charge >= 0.3 is 0 Å². The van der Waals surface area contributed by atoms with Crippen LogP contribution in [0.5, 0.6) is 11.5 Å². The topological polar surface area (TPSA) is 89.5 Å². The number of anilines is 1. The van der Waals surface area contributed by atoms with Crippen LogP contribution in [0.15, 0.2) is 60.7 Å². The van der Waals surface area contributed by atoms with E-state index in [-0.39, 0.29) is 24.3 Å². The van der Waals surface area contributed by atoms with Gasteiger partial charge in [-0.25, -0.2) is 22.0 Å². The first-order chi connectivity index (χ1) is 24.0. The molecule has 0 spiro atoms. The number of carbonyl (C=O) groups excluding carboxylic acids is 1. The number of nitrogens with one attached hydrogen (secondary N) is 1. The standard InChI is InChI=1S/C37H35F5N2O6/c1-19-28(17-44-13-12-23-14-26(47-2)27(48-3)15-24(23)16-44)49-37(50-35(19)21-6-4-20(18-45)5-7-21)22-8-10-25(11-9-22)43-36(46)29-30(38)32(40)34(42)33(41)31(29)39/h4-11,14-15,19,28,35,37,45H,12-13,16-18H2,1-3H3,(H,43,46). The fourth-order valence-electron chi connectivity index (χ4n) is 6.40. The maximum atomic E-state index is 14.2. The van der Waals surface area contributed by atoms with Crippen LogP contribution in [-0.4, -0.2) is 49.3 Å². The van der Waals surface area contributed by atoms with Crippen molar-refractivity contribution in [2.75, 3.05) is 32.6 Å². The van der Waals surface area contributed by atoms with Gasteiger partial charge in [0.2, 0.25) is 5.82 Å². The number of hydrogen-bond acceptors (Lipinski definition) is 7. The van der Waals surface area contributed by atoms with Crippen molar-refractivity contribution in [3.05, 3.63) is 123 Å². The van der Waals surface area contributed by atoms with E-state index in [9.17, 15) is 31.9 Å². The van der Waals surface area contributed by atoms with Gasteiger partial charge < -0.3 is 29.4 Å². The highest BCUT2D eigenvalue weighted by molar-refractivity contribution is 6.04. The van der Waals surface area contributed by atoms with Gasteiger partial charge in [0.15, 0.2) is 41.1 Å². The Labute approximate surface area is 285 Å². The second-order valence-corrected chi connectivity index (χ2v) is 12.3. The highest BCUT2D eigenvalue weighted by Gasteiger charge is 2.39. The van der Waals surface area contributed by atoms with Gasteiger partial charge in [-0.2, -0.15) is 0 Å². The normalized spacial score (nSPS) is 20.7. The lowest BCUT2D eigenvalue weighted by atomic mass is 9.89. The number of rotatable bonds is 9. The predicted molar refractivity (Wildman–Crippen MR) is 172 cm³/mol. The molecule has 13 heteroatoms. The van der Waals surface area contributed by atoms with Crippen molar-refractivity contribution >= 4 is 11.6 Å². The molecule has 0 aliphatic carbocycles. The number of halogens is 5. The largest absolute Gasteiger partial charge is 0.493 e. The van der Waals surface area contributed by atoms with Gasteiger partial charge in [0.25, 0.3) is 5.91 Å². The van der Waals surface area contributed by atoms with Crippen LogP contribution in [0.25, 0.3) is 0 Å². The third-order valence-corrected chi connectivity index (χ3v) is 9.24. The first-order valence-electron chi connectivity index (χ1n) is 15.9.